The van der Waals surface area contributed by atoms with Crippen molar-refractivity contribution < 1.29 is 14.3 Å². The minimum absolute atomic E-state index is 0.0679. The Morgan fingerprint density at radius 3 is 2.41 bits per heavy atom. The third kappa shape index (κ3) is 8.27. The molecule has 0 saturated heterocycles. The monoisotopic (exact) mass is 524 g/mol. The van der Waals surface area contributed by atoms with Gasteiger partial charge in [-0.3, -0.25) is 4.79 Å². The van der Waals surface area contributed by atoms with E-state index in [0.717, 1.165) is 48.7 Å². The van der Waals surface area contributed by atoms with Crippen LogP contribution in [0.2, 0.25) is 18.1 Å². The largest absolute Gasteiger partial charge is 0.487 e. The fraction of sp³-hybridized carbons (Fsp3) is 0.500. The molecule has 0 bridgehead atoms. The lowest BCUT2D eigenvalue weighted by Gasteiger charge is -2.39. The zero-order valence-electron chi connectivity index (χ0n) is 23.1. The molecule has 0 aliphatic heterocycles. The summed E-state index contributed by atoms with van der Waals surface area (Å²) in [5.74, 6) is 0.656. The lowest BCUT2D eigenvalue weighted by atomic mass is 10.0. The van der Waals surface area contributed by atoms with E-state index < -0.39 is 8.32 Å². The first-order chi connectivity index (χ1) is 17.6. The molecule has 0 spiro atoms. The van der Waals surface area contributed by atoms with E-state index in [1.807, 2.05) is 42.5 Å². The summed E-state index contributed by atoms with van der Waals surface area (Å²) in [5.41, 5.74) is 2.67. The zero-order chi connectivity index (χ0) is 26.9. The van der Waals surface area contributed by atoms with Crippen LogP contribution in [0.15, 0.2) is 59.4 Å². The van der Waals surface area contributed by atoms with Gasteiger partial charge in [0, 0.05) is 24.6 Å². The SMILES string of the molecule is CC(C)(C)[Si](C)(C)OC(CNCCCCCCO)c1ccc(OCc2ccccc2)c2[nH]c(=O)ccc12. The summed E-state index contributed by atoms with van der Waals surface area (Å²) in [6.07, 6.45) is 3.91. The van der Waals surface area contributed by atoms with Crippen LogP contribution in [0.25, 0.3) is 10.9 Å². The Bertz CT molecular complexity index is 1170. The molecule has 37 heavy (non-hydrogen) atoms. The molecule has 1 aromatic heterocycles. The average molecular weight is 525 g/mol. The Morgan fingerprint density at radius 2 is 1.70 bits per heavy atom. The molecule has 0 amide bonds. The van der Waals surface area contributed by atoms with Crippen molar-refractivity contribution in [3.05, 3.63) is 76.1 Å². The van der Waals surface area contributed by atoms with Gasteiger partial charge in [-0.2, -0.15) is 0 Å². The summed E-state index contributed by atoms with van der Waals surface area (Å²) in [6.45, 7) is 13.6. The summed E-state index contributed by atoms with van der Waals surface area (Å²) in [5, 5.41) is 13.6. The molecule has 0 aliphatic carbocycles. The van der Waals surface area contributed by atoms with Crippen molar-refractivity contribution in [1.29, 1.82) is 0 Å². The van der Waals surface area contributed by atoms with Gasteiger partial charge in [0.1, 0.15) is 12.4 Å². The lowest BCUT2D eigenvalue weighted by Crippen LogP contribution is -2.43. The van der Waals surface area contributed by atoms with Gasteiger partial charge in [-0.05, 0) is 60.8 Å². The summed E-state index contributed by atoms with van der Waals surface area (Å²) < 4.78 is 13.1. The summed E-state index contributed by atoms with van der Waals surface area (Å²) in [4.78, 5) is 15.3. The normalized spacial score (nSPS) is 13.1. The number of hydrogen-bond acceptors (Lipinski definition) is 5. The predicted octanol–water partition coefficient (Wildman–Crippen LogP) is 6.31. The molecule has 0 aliphatic rings. The third-order valence-electron chi connectivity index (χ3n) is 7.31. The minimum Gasteiger partial charge on any atom is -0.487 e. The molecule has 2 aromatic carbocycles. The Labute approximate surface area is 222 Å². The van der Waals surface area contributed by atoms with Gasteiger partial charge in [0.15, 0.2) is 8.32 Å². The van der Waals surface area contributed by atoms with Gasteiger partial charge in [0.2, 0.25) is 5.56 Å². The van der Waals surface area contributed by atoms with Crippen molar-refractivity contribution in [3.63, 3.8) is 0 Å². The maximum atomic E-state index is 12.3. The molecular weight excluding hydrogens is 480 g/mol. The van der Waals surface area contributed by atoms with Crippen molar-refractivity contribution >= 4 is 19.2 Å². The number of unbranched alkanes of at least 4 members (excludes halogenated alkanes) is 3. The van der Waals surface area contributed by atoms with Gasteiger partial charge in [-0.1, -0.05) is 70.0 Å². The number of rotatable bonds is 14. The maximum absolute atomic E-state index is 12.3. The van der Waals surface area contributed by atoms with Crippen LogP contribution in [-0.4, -0.2) is 38.1 Å². The summed E-state index contributed by atoms with van der Waals surface area (Å²) in [6, 6.07) is 17.5. The van der Waals surface area contributed by atoms with Crippen LogP contribution >= 0.6 is 0 Å². The van der Waals surface area contributed by atoms with Gasteiger partial charge in [-0.25, -0.2) is 0 Å². The highest BCUT2D eigenvalue weighted by Crippen LogP contribution is 2.41. The van der Waals surface area contributed by atoms with Gasteiger partial charge < -0.3 is 24.6 Å². The molecule has 0 saturated carbocycles. The molecule has 6 nitrogen and oxygen atoms in total. The van der Waals surface area contributed by atoms with Crippen LogP contribution in [0.4, 0.5) is 0 Å². The van der Waals surface area contributed by atoms with Gasteiger partial charge >= 0.3 is 0 Å². The lowest BCUT2D eigenvalue weighted by molar-refractivity contribution is 0.181. The van der Waals surface area contributed by atoms with E-state index in [0.29, 0.717) is 24.4 Å². The number of ether oxygens (including phenoxy) is 1. The second-order valence-corrected chi connectivity index (χ2v) is 16.0. The number of fused-ring (bicyclic) bond motifs is 1. The van der Waals surface area contributed by atoms with Crippen LogP contribution in [0.5, 0.6) is 5.75 Å². The van der Waals surface area contributed by atoms with Gasteiger partial charge in [-0.15, -0.1) is 0 Å². The molecule has 1 atom stereocenters. The van der Waals surface area contributed by atoms with Crippen LogP contribution in [0.1, 0.15) is 63.7 Å². The Balaban J connectivity index is 1.88. The number of aromatic nitrogens is 1. The first-order valence-electron chi connectivity index (χ1n) is 13.4. The van der Waals surface area contributed by atoms with Gasteiger partial charge in [0.05, 0.1) is 11.6 Å². The molecule has 0 fully saturated rings. The van der Waals surface area contributed by atoms with Crippen molar-refractivity contribution in [2.75, 3.05) is 19.7 Å². The smallest absolute Gasteiger partial charge is 0.248 e. The molecule has 3 aromatic rings. The van der Waals surface area contributed by atoms with E-state index in [1.54, 1.807) is 6.07 Å². The zero-order valence-corrected chi connectivity index (χ0v) is 24.1. The number of H-pyrrole nitrogens is 1. The topological polar surface area (TPSA) is 83.6 Å². The highest BCUT2D eigenvalue weighted by Gasteiger charge is 2.39. The molecule has 0 radical (unpaired) electrons. The molecule has 1 heterocycles. The highest BCUT2D eigenvalue weighted by atomic mass is 28.4. The summed E-state index contributed by atoms with van der Waals surface area (Å²) in [7, 11) is -2.08. The van der Waals surface area contributed by atoms with E-state index in [4.69, 9.17) is 14.3 Å². The second-order valence-electron chi connectivity index (χ2n) is 11.2. The number of aliphatic hydroxyl groups excluding tert-OH is 1. The molecule has 7 heteroatoms. The quantitative estimate of drug-likeness (QED) is 0.170. The summed E-state index contributed by atoms with van der Waals surface area (Å²) >= 11 is 0. The van der Waals surface area contributed by atoms with E-state index >= 15 is 0 Å². The number of benzene rings is 2. The van der Waals surface area contributed by atoms with E-state index in [9.17, 15) is 4.79 Å². The van der Waals surface area contributed by atoms with Crippen LogP contribution < -0.4 is 15.6 Å². The molecule has 3 N–H and O–H groups in total. The van der Waals surface area contributed by atoms with Crippen molar-refractivity contribution in [2.45, 2.75) is 77.3 Å². The second kappa shape index (κ2) is 13.4. The fourth-order valence-electron chi connectivity index (χ4n) is 4.08. The Morgan fingerprint density at radius 1 is 0.973 bits per heavy atom. The van der Waals surface area contributed by atoms with Crippen molar-refractivity contribution in [1.82, 2.24) is 10.3 Å². The number of nitrogens with one attached hydrogen (secondary N) is 2. The average Bonchev–Trinajstić information content (AvgIpc) is 2.86. The Hall–Kier alpha value is -2.45. The fourth-order valence-corrected chi connectivity index (χ4v) is 5.36. The van der Waals surface area contributed by atoms with Crippen LogP contribution in [0.3, 0.4) is 0 Å². The van der Waals surface area contributed by atoms with Crippen LogP contribution in [0, 0.1) is 0 Å². The number of pyridine rings is 1. The maximum Gasteiger partial charge on any atom is 0.248 e. The standard InChI is InChI=1S/C30H44N2O4Si/c1-30(2,3)37(4,5)36-27(21-31-19-11-6-7-12-20-33)24-15-17-26(29-25(24)16-18-28(34)32-29)35-22-23-13-9-8-10-14-23/h8-10,13-18,27,31,33H,6-7,11-12,19-22H2,1-5H3,(H,32,34). The van der Waals surface area contributed by atoms with E-state index in [2.05, 4.69) is 50.2 Å². The third-order valence-corrected chi connectivity index (χ3v) is 11.8. The van der Waals surface area contributed by atoms with E-state index in [-0.39, 0.29) is 23.3 Å². The first kappa shape index (κ1) is 29.1. The molecule has 1 unspecified atom stereocenters. The van der Waals surface area contributed by atoms with E-state index in [1.165, 1.54) is 0 Å². The van der Waals surface area contributed by atoms with Crippen molar-refractivity contribution in [3.8, 4) is 5.75 Å². The highest BCUT2D eigenvalue weighted by molar-refractivity contribution is 6.74. The molecule has 3 rings (SSSR count). The number of aromatic amines is 1. The predicted molar refractivity (Wildman–Crippen MR) is 155 cm³/mol. The van der Waals surface area contributed by atoms with Crippen molar-refractivity contribution in [2.24, 2.45) is 0 Å². The first-order valence-corrected chi connectivity index (χ1v) is 16.4. The van der Waals surface area contributed by atoms with Crippen LogP contribution in [-0.2, 0) is 11.0 Å². The minimum atomic E-state index is -2.08. The number of aliphatic hydroxyl groups is 1. The Kier molecular flexibility index (Phi) is 10.5. The number of hydrogen-bond donors (Lipinski definition) is 3. The van der Waals surface area contributed by atoms with Gasteiger partial charge in [0.25, 0.3) is 0 Å². The molecule has 202 valence electrons. The molecular formula is C30H44N2O4Si.